The Balaban J connectivity index is 1.87. The van der Waals surface area contributed by atoms with Crippen molar-refractivity contribution in [3.8, 4) is 0 Å². The zero-order chi connectivity index (χ0) is 67.9. The Labute approximate surface area is 579 Å². The van der Waals surface area contributed by atoms with Crippen LogP contribution in [0.5, 0.6) is 0 Å². The summed E-state index contributed by atoms with van der Waals surface area (Å²) in [5, 5.41) is 54.4. The van der Waals surface area contributed by atoms with Crippen molar-refractivity contribution in [1.29, 1.82) is 0 Å². The third-order valence-corrected chi connectivity index (χ3v) is 19.1. The van der Waals surface area contributed by atoms with Crippen LogP contribution in [0.4, 0.5) is 0 Å². The molecule has 1 aliphatic heterocycles. The Hall–Kier alpha value is -2.64. The molecule has 0 aromatic rings. The van der Waals surface area contributed by atoms with Gasteiger partial charge >= 0.3 is 5.97 Å². The Morgan fingerprint density at radius 1 is 0.394 bits per heavy atom. The molecule has 0 radical (unpaired) electrons. The van der Waals surface area contributed by atoms with Gasteiger partial charge in [0.2, 0.25) is 5.91 Å². The number of nitrogens with one attached hydrogen (secondary N) is 1. The SMILES string of the molecule is CCCCCC/C=C/CC/C=C/C(O)C(COC1OC(CO)C(O)C(O)C1O)NC(=O)CCCCCCCCCCCCCCCCCCC/C=C\C/C=C\CCCCCCCCCCCCCCCCCOC(=O)CCCCCCCCC/C=C\CCCCCCCC. The smallest absolute Gasteiger partial charge is 0.305 e. The van der Waals surface area contributed by atoms with Crippen LogP contribution < -0.4 is 5.32 Å². The number of aliphatic hydroxyl groups excluding tert-OH is 5. The van der Waals surface area contributed by atoms with Crippen LogP contribution in [-0.2, 0) is 23.8 Å². The highest BCUT2D eigenvalue weighted by Crippen LogP contribution is 2.24. The number of amides is 1. The second-order valence-electron chi connectivity index (χ2n) is 28.1. The maximum Gasteiger partial charge on any atom is 0.305 e. The minimum absolute atomic E-state index is 0.0114. The van der Waals surface area contributed by atoms with Gasteiger partial charge in [-0.15, -0.1) is 0 Å². The van der Waals surface area contributed by atoms with E-state index in [1.807, 2.05) is 6.08 Å². The second kappa shape index (κ2) is 71.6. The van der Waals surface area contributed by atoms with Crippen LogP contribution in [0.2, 0.25) is 0 Å². The monoisotopic (exact) mass is 1320 g/mol. The summed E-state index contributed by atoms with van der Waals surface area (Å²) in [6.07, 6.45) is 87.1. The Morgan fingerprint density at radius 2 is 0.723 bits per heavy atom. The van der Waals surface area contributed by atoms with E-state index < -0.39 is 49.5 Å². The van der Waals surface area contributed by atoms with E-state index in [1.165, 1.54) is 302 Å². The third kappa shape index (κ3) is 59.4. The zero-order valence-electron chi connectivity index (χ0n) is 61.4. The first-order valence-corrected chi connectivity index (χ1v) is 40.6. The van der Waals surface area contributed by atoms with Gasteiger partial charge in [0.05, 0.1) is 32.0 Å². The van der Waals surface area contributed by atoms with Crippen LogP contribution in [0.25, 0.3) is 0 Å². The van der Waals surface area contributed by atoms with Gasteiger partial charge in [-0.2, -0.15) is 0 Å². The fraction of sp³-hybridized carbons (Fsp3) is 0.855. The first-order chi connectivity index (χ1) is 46.2. The predicted octanol–water partition coefficient (Wildman–Crippen LogP) is 22.0. The minimum atomic E-state index is -1.58. The molecule has 0 aliphatic carbocycles. The van der Waals surface area contributed by atoms with Gasteiger partial charge in [0.15, 0.2) is 6.29 Å². The predicted molar refractivity (Wildman–Crippen MR) is 398 cm³/mol. The van der Waals surface area contributed by atoms with E-state index in [-0.39, 0.29) is 18.5 Å². The number of hydrogen-bond acceptors (Lipinski definition) is 10. The van der Waals surface area contributed by atoms with E-state index in [0.29, 0.717) is 19.4 Å². The summed E-state index contributed by atoms with van der Waals surface area (Å²) in [6, 6.07) is -0.825. The molecule has 0 aromatic carbocycles. The molecular weight excluding hydrogens is 1170 g/mol. The molecule has 0 spiro atoms. The highest BCUT2D eigenvalue weighted by Gasteiger charge is 2.44. The summed E-state index contributed by atoms with van der Waals surface area (Å²) in [7, 11) is 0. The summed E-state index contributed by atoms with van der Waals surface area (Å²) in [5.74, 6) is -0.178. The standard InChI is InChI=1S/C83H153NO10/c1-3-5-7-9-11-13-15-16-17-41-45-48-51-55-59-63-67-71-79(88)92-72-68-64-60-56-52-49-46-43-40-38-36-34-32-30-28-26-24-22-20-18-19-21-23-25-27-29-31-33-35-37-39-42-44-47-50-54-58-62-66-70-78(87)84-75(74-93-83-82(91)81(90)80(89)77(73-85)94-83)76(86)69-65-61-57-53-14-12-10-8-6-4-2/h14,16-19,22,24,53,65,69,75-77,80-83,85-86,89-91H,3-13,15,20-21,23,25-52,54-64,66-68,70-74H2,1-2H3,(H,84,87)/b17-16-,19-18-,24-22-,53-14+,69-65+. The Morgan fingerprint density at radius 3 is 1.13 bits per heavy atom. The van der Waals surface area contributed by atoms with Gasteiger partial charge in [-0.3, -0.25) is 9.59 Å². The first-order valence-electron chi connectivity index (χ1n) is 40.6. The van der Waals surface area contributed by atoms with Gasteiger partial charge in [-0.1, -0.05) is 338 Å². The maximum absolute atomic E-state index is 13.0. The number of unbranched alkanes of at least 4 members (excludes halogenated alkanes) is 50. The van der Waals surface area contributed by atoms with Crippen LogP contribution in [0.1, 0.15) is 393 Å². The number of ether oxygens (including phenoxy) is 3. The molecular formula is C83H153NO10. The lowest BCUT2D eigenvalue weighted by Crippen LogP contribution is -2.60. The summed E-state index contributed by atoms with van der Waals surface area (Å²) in [5.41, 5.74) is 0. The molecule has 0 bridgehead atoms. The highest BCUT2D eigenvalue weighted by molar-refractivity contribution is 5.76. The second-order valence-corrected chi connectivity index (χ2v) is 28.1. The first kappa shape index (κ1) is 89.4. The van der Waals surface area contributed by atoms with Crippen molar-refractivity contribution in [2.45, 2.75) is 436 Å². The number of carbonyl (C=O) groups is 2. The molecule has 1 amide bonds. The molecule has 0 saturated carbocycles. The molecule has 11 heteroatoms. The summed E-state index contributed by atoms with van der Waals surface area (Å²) >= 11 is 0. The third-order valence-electron chi connectivity index (χ3n) is 19.1. The summed E-state index contributed by atoms with van der Waals surface area (Å²) < 4.78 is 16.7. The van der Waals surface area contributed by atoms with Crippen molar-refractivity contribution in [3.63, 3.8) is 0 Å². The average molecular weight is 1330 g/mol. The summed E-state index contributed by atoms with van der Waals surface area (Å²) in [6.45, 7) is 4.33. The molecule has 7 unspecified atom stereocenters. The lowest BCUT2D eigenvalue weighted by molar-refractivity contribution is -0.302. The normalized spacial score (nSPS) is 17.7. The van der Waals surface area contributed by atoms with Crippen LogP contribution in [0.15, 0.2) is 60.8 Å². The quantitative estimate of drug-likeness (QED) is 0.0195. The minimum Gasteiger partial charge on any atom is -0.466 e. The van der Waals surface area contributed by atoms with Gasteiger partial charge < -0.3 is 45.1 Å². The molecule has 94 heavy (non-hydrogen) atoms. The van der Waals surface area contributed by atoms with Crippen molar-refractivity contribution >= 4 is 11.9 Å². The van der Waals surface area contributed by atoms with Crippen LogP contribution >= 0.6 is 0 Å². The number of aliphatic hydroxyl groups is 5. The molecule has 1 rings (SSSR count). The van der Waals surface area contributed by atoms with Gasteiger partial charge in [0, 0.05) is 12.8 Å². The number of carbonyl (C=O) groups excluding carboxylic acids is 2. The highest BCUT2D eigenvalue weighted by atomic mass is 16.7. The van der Waals surface area contributed by atoms with Crippen molar-refractivity contribution in [1.82, 2.24) is 5.32 Å². The number of esters is 1. The van der Waals surface area contributed by atoms with Crippen LogP contribution in [0, 0.1) is 0 Å². The van der Waals surface area contributed by atoms with E-state index in [1.54, 1.807) is 6.08 Å². The fourth-order valence-electron chi connectivity index (χ4n) is 12.7. The number of rotatable bonds is 72. The van der Waals surface area contributed by atoms with E-state index in [2.05, 4.69) is 67.8 Å². The molecule has 11 nitrogen and oxygen atoms in total. The van der Waals surface area contributed by atoms with Gasteiger partial charge in [-0.05, 0) is 103 Å². The number of hydrogen-bond donors (Lipinski definition) is 6. The van der Waals surface area contributed by atoms with Crippen molar-refractivity contribution in [3.05, 3.63) is 60.8 Å². The van der Waals surface area contributed by atoms with Crippen molar-refractivity contribution in [2.75, 3.05) is 19.8 Å². The summed E-state index contributed by atoms with van der Waals surface area (Å²) in [4.78, 5) is 25.2. The zero-order valence-corrected chi connectivity index (χ0v) is 61.4. The van der Waals surface area contributed by atoms with E-state index in [4.69, 9.17) is 14.2 Å². The lowest BCUT2D eigenvalue weighted by atomic mass is 9.99. The molecule has 550 valence electrons. The molecule has 1 aliphatic rings. The molecule has 0 aromatic heterocycles. The topological polar surface area (TPSA) is 175 Å². The molecule has 1 fully saturated rings. The molecule has 1 saturated heterocycles. The number of allylic oxidation sites excluding steroid dienone is 9. The molecule has 7 atom stereocenters. The van der Waals surface area contributed by atoms with Crippen molar-refractivity contribution in [2.24, 2.45) is 0 Å². The van der Waals surface area contributed by atoms with Gasteiger partial charge in [-0.25, -0.2) is 0 Å². The van der Waals surface area contributed by atoms with E-state index in [0.717, 1.165) is 64.2 Å². The van der Waals surface area contributed by atoms with E-state index >= 15 is 0 Å². The molecule has 1 heterocycles. The van der Waals surface area contributed by atoms with Crippen LogP contribution in [0.3, 0.4) is 0 Å². The van der Waals surface area contributed by atoms with Gasteiger partial charge in [0.25, 0.3) is 0 Å². The van der Waals surface area contributed by atoms with Gasteiger partial charge in [0.1, 0.15) is 24.4 Å². The Kier molecular flexibility index (Phi) is 68.1. The van der Waals surface area contributed by atoms with E-state index in [9.17, 15) is 35.1 Å². The fourth-order valence-corrected chi connectivity index (χ4v) is 12.7. The Bertz CT molecular complexity index is 1750. The average Bonchev–Trinajstić information content (AvgIpc) is 0.904. The van der Waals surface area contributed by atoms with Crippen molar-refractivity contribution < 1.29 is 49.3 Å². The maximum atomic E-state index is 13.0. The van der Waals surface area contributed by atoms with Crippen LogP contribution in [-0.4, -0.2) is 100 Å². The largest absolute Gasteiger partial charge is 0.466 e. The lowest BCUT2D eigenvalue weighted by Gasteiger charge is -2.40. The molecule has 6 N–H and O–H groups in total.